The molecule has 61 heavy (non-hydrogen) atoms. The Labute approximate surface area is 357 Å². The molecule has 2 aliphatic heterocycles. The minimum Gasteiger partial charge on any atom is -0.396 e. The lowest BCUT2D eigenvalue weighted by atomic mass is 9.94. The number of nitrogens with one attached hydrogen (secondary N) is 4. The molecule has 5 N–H and O–H groups in total. The first-order valence-corrected chi connectivity index (χ1v) is 21.8. The number of aryl methyl sites for hydroxylation is 1. The van der Waals surface area contributed by atoms with Crippen LogP contribution in [0.15, 0.2) is 72.8 Å². The number of nitrogens with zero attached hydrogens (tertiary/aromatic N) is 5. The molecule has 4 aliphatic rings. The van der Waals surface area contributed by atoms with E-state index in [9.17, 15) is 24.3 Å². The fourth-order valence-electron chi connectivity index (χ4n) is 9.05. The van der Waals surface area contributed by atoms with Gasteiger partial charge < -0.3 is 40.7 Å². The van der Waals surface area contributed by atoms with Gasteiger partial charge in [0.2, 0.25) is 0 Å². The number of carbonyl (C=O) groups excluding carboxylic acids is 4. The maximum absolute atomic E-state index is 13.6. The van der Waals surface area contributed by atoms with Crippen LogP contribution in [0.1, 0.15) is 67.2 Å². The lowest BCUT2D eigenvalue weighted by Crippen LogP contribution is -2.58. The summed E-state index contributed by atoms with van der Waals surface area (Å²) in [4.78, 5) is 64.6. The lowest BCUT2D eigenvalue weighted by molar-refractivity contribution is 0.0690. The molecular weight excluding hydrogens is 771 g/mol. The molecule has 14 heteroatoms. The van der Waals surface area contributed by atoms with Gasteiger partial charge in [-0.15, -0.1) is 0 Å². The van der Waals surface area contributed by atoms with Crippen molar-refractivity contribution in [3.8, 4) is 6.07 Å². The van der Waals surface area contributed by atoms with E-state index >= 15 is 0 Å². The Kier molecular flexibility index (Phi) is 12.8. The second-order valence-corrected chi connectivity index (χ2v) is 17.2. The number of rotatable bonds is 10. The van der Waals surface area contributed by atoms with Gasteiger partial charge in [0.05, 0.1) is 12.1 Å². The van der Waals surface area contributed by atoms with Gasteiger partial charge >= 0.3 is 36.9 Å². The minimum atomic E-state index is -0.199. The van der Waals surface area contributed by atoms with Crippen molar-refractivity contribution in [3.05, 3.63) is 99.9 Å². The Morgan fingerprint density at radius 2 is 1.28 bits per heavy atom. The molecule has 4 fully saturated rings. The summed E-state index contributed by atoms with van der Waals surface area (Å²) < 4.78 is 0. The maximum atomic E-state index is 13.6. The van der Waals surface area contributed by atoms with Crippen molar-refractivity contribution in [3.63, 3.8) is 0 Å². The van der Waals surface area contributed by atoms with E-state index in [2.05, 4.69) is 81.6 Å². The minimum absolute atomic E-state index is 0.0278. The number of benzene rings is 4. The summed E-state index contributed by atoms with van der Waals surface area (Å²) in [5, 5.41) is 26.1. The Morgan fingerprint density at radius 3 is 1.92 bits per heavy atom. The maximum Gasteiger partial charge on any atom is 0.340 e. The first-order valence-electron chi connectivity index (χ1n) is 21.8. The van der Waals surface area contributed by atoms with E-state index < -0.39 is 0 Å². The quantitative estimate of drug-likeness (QED) is 0.129. The lowest BCUT2D eigenvalue weighted by Gasteiger charge is -2.42. The molecule has 2 heterocycles. The van der Waals surface area contributed by atoms with E-state index in [0.29, 0.717) is 45.7 Å². The first kappa shape index (κ1) is 41.7. The predicted molar refractivity (Wildman–Crippen MR) is 236 cm³/mol. The van der Waals surface area contributed by atoms with Crippen LogP contribution in [0.25, 0.3) is 26.4 Å². The van der Waals surface area contributed by atoms with Gasteiger partial charge in [0.15, 0.2) is 0 Å². The van der Waals surface area contributed by atoms with Gasteiger partial charge in [0.25, 0.3) is 0 Å². The molecule has 2 aliphatic carbocycles. The highest BCUT2D eigenvalue weighted by atomic mass is 16.3. The van der Waals surface area contributed by atoms with Crippen LogP contribution in [0.2, 0.25) is 0 Å². The van der Waals surface area contributed by atoms with E-state index in [1.165, 1.54) is 10.9 Å². The van der Waals surface area contributed by atoms with Crippen molar-refractivity contribution in [1.29, 1.82) is 0 Å². The SMILES string of the molecule is CNC(=O)N1C[C@@H](CO)C[C@@H](N(C(=O)NCc2ccc3cc(C#[N+]CNC(=O)N4CCC[C@@H](N(C(=O)NCc5ccc6cc(C)ccc6c5)C5CC5)C4)ccc3c2)C2CC2)C1. The summed E-state index contributed by atoms with van der Waals surface area (Å²) in [6.07, 6.45) is 6.19. The summed E-state index contributed by atoms with van der Waals surface area (Å²) in [6.45, 7) is 4.98. The highest BCUT2D eigenvalue weighted by molar-refractivity contribution is 5.85. The zero-order chi connectivity index (χ0) is 42.5. The first-order chi connectivity index (χ1) is 29.6. The van der Waals surface area contributed by atoms with Crippen LogP contribution in [0.5, 0.6) is 0 Å². The molecule has 320 valence electrons. The van der Waals surface area contributed by atoms with Crippen LogP contribution in [0.4, 0.5) is 19.2 Å². The normalized spacial score (nSPS) is 20.0. The zero-order valence-electron chi connectivity index (χ0n) is 35.2. The van der Waals surface area contributed by atoms with Gasteiger partial charge in [-0.2, -0.15) is 0 Å². The van der Waals surface area contributed by atoms with E-state index in [1.807, 2.05) is 40.1 Å². The molecular formula is C47H58N9O5+. The smallest absolute Gasteiger partial charge is 0.340 e. The van der Waals surface area contributed by atoms with E-state index in [1.54, 1.807) is 16.8 Å². The summed E-state index contributed by atoms with van der Waals surface area (Å²) in [5.41, 5.74) is 4.02. The zero-order valence-corrected chi connectivity index (χ0v) is 35.2. The number of amides is 8. The van der Waals surface area contributed by atoms with E-state index in [-0.39, 0.29) is 67.5 Å². The molecule has 0 aromatic heterocycles. The molecule has 4 aromatic carbocycles. The van der Waals surface area contributed by atoms with Crippen LogP contribution < -0.4 is 21.3 Å². The number of hydrogen-bond acceptors (Lipinski definition) is 5. The fraction of sp³-hybridized carbons (Fsp3) is 0.468. The molecule has 4 aromatic rings. The number of fused-ring (bicyclic) bond motifs is 2. The van der Waals surface area contributed by atoms with Gasteiger partial charge in [0, 0.05) is 70.9 Å². The predicted octanol–water partition coefficient (Wildman–Crippen LogP) is 6.18. The van der Waals surface area contributed by atoms with Crippen molar-refractivity contribution in [2.24, 2.45) is 5.92 Å². The molecule has 0 unspecified atom stereocenters. The molecule has 0 radical (unpaired) electrons. The summed E-state index contributed by atoms with van der Waals surface area (Å²) in [6, 6.07) is 27.3. The van der Waals surface area contributed by atoms with Gasteiger partial charge in [0.1, 0.15) is 5.56 Å². The molecule has 0 spiro atoms. The van der Waals surface area contributed by atoms with Crippen molar-refractivity contribution >= 4 is 45.7 Å². The van der Waals surface area contributed by atoms with Gasteiger partial charge in [-0.05, 0) is 109 Å². The van der Waals surface area contributed by atoms with Crippen molar-refractivity contribution < 1.29 is 24.3 Å². The standard InChI is InChI=1S/C47H57N9O5/c1-31-5-9-37-20-33(7-10-36(37)18-31)24-50-46(60)55(40-13-14-40)42-4-3-17-53(27-42)45(59)52-30-49-23-32-6-11-39-21-34(8-12-38(39)19-32)25-51-47(61)56(41-15-16-41)43-22-35(29-57)26-54(28-43)44(58)48-2/h5-12,18-21,35,40-43,57H,3-4,13-17,22,24-30H2,1-2H3,(H3-,48,50,51,52,58,59,60,61)/p+1/t35-,42+,43+/m0/s1. The van der Waals surface area contributed by atoms with Crippen LogP contribution >= 0.6 is 0 Å². The number of aliphatic hydroxyl groups is 1. The number of likely N-dealkylation sites (tertiary alicyclic amines) is 2. The molecule has 14 nitrogen and oxygen atoms in total. The van der Waals surface area contributed by atoms with Crippen molar-refractivity contribution in [2.75, 3.05) is 46.5 Å². The summed E-state index contributed by atoms with van der Waals surface area (Å²) in [7, 11) is 1.60. The average Bonchev–Trinajstić information content (AvgIpc) is 4.23. The van der Waals surface area contributed by atoms with E-state index in [0.717, 1.165) is 71.4 Å². The van der Waals surface area contributed by atoms with Gasteiger partial charge in [-0.3, -0.25) is 5.32 Å². The second-order valence-electron chi connectivity index (χ2n) is 17.2. The third kappa shape index (κ3) is 10.3. The molecule has 8 rings (SSSR count). The number of piperidine rings is 2. The molecule has 0 bridgehead atoms. The molecule has 2 saturated heterocycles. The highest BCUT2D eigenvalue weighted by Gasteiger charge is 2.42. The Balaban J connectivity index is 0.810. The fourth-order valence-corrected chi connectivity index (χ4v) is 9.05. The summed E-state index contributed by atoms with van der Waals surface area (Å²) >= 11 is 0. The van der Waals surface area contributed by atoms with Crippen molar-refractivity contribution in [2.45, 2.75) is 89.1 Å². The third-order valence-electron chi connectivity index (χ3n) is 12.5. The number of aliphatic hydroxyl groups excluding tert-OH is 1. The average molecular weight is 829 g/mol. The second kappa shape index (κ2) is 18.7. The van der Waals surface area contributed by atoms with Crippen LogP contribution in [-0.4, -0.2) is 120 Å². The summed E-state index contributed by atoms with van der Waals surface area (Å²) in [5.74, 6) is -0.0762. The number of urea groups is 4. The van der Waals surface area contributed by atoms with E-state index in [4.69, 9.17) is 0 Å². The Hall–Kier alpha value is -6.07. The van der Waals surface area contributed by atoms with Crippen molar-refractivity contribution in [1.82, 2.24) is 40.9 Å². The van der Waals surface area contributed by atoms with Gasteiger partial charge in [-0.1, -0.05) is 58.9 Å². The molecule has 8 amide bonds. The van der Waals surface area contributed by atoms with Crippen LogP contribution in [0, 0.1) is 18.9 Å². The van der Waals surface area contributed by atoms with Crippen LogP contribution in [0.3, 0.4) is 0 Å². The number of carbonyl (C=O) groups is 4. The Bertz CT molecular complexity index is 2340. The number of hydrogen-bond donors (Lipinski definition) is 5. The topological polar surface area (TPSA) is 154 Å². The molecule has 2 saturated carbocycles. The monoisotopic (exact) mass is 828 g/mol. The van der Waals surface area contributed by atoms with Crippen LogP contribution in [-0.2, 0) is 13.1 Å². The largest absolute Gasteiger partial charge is 0.396 e. The molecule has 3 atom stereocenters. The Morgan fingerprint density at radius 1 is 0.689 bits per heavy atom. The van der Waals surface area contributed by atoms with Gasteiger partial charge in [-0.25, -0.2) is 19.2 Å². The highest BCUT2D eigenvalue weighted by Crippen LogP contribution is 2.34. The third-order valence-corrected chi connectivity index (χ3v) is 12.5.